The molecule has 0 radical (unpaired) electrons. The van der Waals surface area contributed by atoms with Crippen LogP contribution in [0.1, 0.15) is 33.0 Å². The topological polar surface area (TPSA) is 51.0 Å². The Balaban J connectivity index is 2.77. The number of Topliss-reactive ketones (excluding diaryl/α,β-unsaturated/α-hetero) is 1. The Morgan fingerprint density at radius 1 is 1.47 bits per heavy atom. The number of ketones is 1. The Morgan fingerprint density at radius 3 is 2.65 bits per heavy atom. The molecule has 0 amide bonds. The molecule has 1 aromatic rings. The summed E-state index contributed by atoms with van der Waals surface area (Å²) in [5, 5.41) is 4.13. The van der Waals surface area contributed by atoms with Crippen molar-refractivity contribution >= 4 is 5.78 Å². The van der Waals surface area contributed by atoms with Crippen molar-refractivity contribution in [1.82, 2.24) is 19.7 Å². The Kier molecular flexibility index (Phi) is 4.40. The minimum atomic E-state index is -0.469. The standard InChI is InChI=1S/C12H22N4O/c1-6-7-16-11(13-9-14-16)8-10(17)12(2,3)15(4)5/h9H,6-8H2,1-5H3. The minimum absolute atomic E-state index is 0.160. The summed E-state index contributed by atoms with van der Waals surface area (Å²) in [7, 11) is 3.82. The molecular formula is C12H22N4O. The molecule has 0 aliphatic carbocycles. The zero-order valence-corrected chi connectivity index (χ0v) is 11.4. The highest BCUT2D eigenvalue weighted by Gasteiger charge is 2.30. The van der Waals surface area contributed by atoms with E-state index in [4.69, 9.17) is 0 Å². The summed E-state index contributed by atoms with van der Waals surface area (Å²) in [4.78, 5) is 18.3. The number of carbonyl (C=O) groups is 1. The van der Waals surface area contributed by atoms with E-state index in [1.165, 1.54) is 6.33 Å². The molecule has 0 unspecified atom stereocenters. The van der Waals surface area contributed by atoms with Gasteiger partial charge in [0.1, 0.15) is 12.2 Å². The third-order valence-electron chi connectivity index (χ3n) is 3.25. The molecule has 0 saturated heterocycles. The van der Waals surface area contributed by atoms with Gasteiger partial charge in [0.2, 0.25) is 0 Å². The summed E-state index contributed by atoms with van der Waals surface area (Å²) < 4.78 is 1.81. The number of likely N-dealkylation sites (N-methyl/N-ethyl adjacent to an activating group) is 1. The molecule has 0 saturated carbocycles. The fourth-order valence-corrected chi connectivity index (χ4v) is 1.43. The van der Waals surface area contributed by atoms with Gasteiger partial charge in [-0.15, -0.1) is 0 Å². The molecule has 0 spiro atoms. The first kappa shape index (κ1) is 13.8. The zero-order valence-electron chi connectivity index (χ0n) is 11.4. The molecule has 0 aliphatic rings. The average Bonchev–Trinajstić information content (AvgIpc) is 2.66. The van der Waals surface area contributed by atoms with Crippen LogP contribution in [0.2, 0.25) is 0 Å². The van der Waals surface area contributed by atoms with Crippen molar-refractivity contribution in [3.05, 3.63) is 12.2 Å². The number of nitrogens with zero attached hydrogens (tertiary/aromatic N) is 4. The summed E-state index contributed by atoms with van der Waals surface area (Å²) in [5.41, 5.74) is -0.469. The fourth-order valence-electron chi connectivity index (χ4n) is 1.43. The lowest BCUT2D eigenvalue weighted by Gasteiger charge is -2.30. The van der Waals surface area contributed by atoms with Crippen LogP contribution < -0.4 is 0 Å². The van der Waals surface area contributed by atoms with Gasteiger partial charge >= 0.3 is 0 Å². The second-order valence-corrected chi connectivity index (χ2v) is 4.95. The number of rotatable bonds is 6. The average molecular weight is 238 g/mol. The molecule has 0 aliphatic heterocycles. The van der Waals surface area contributed by atoms with Crippen LogP contribution in [0.5, 0.6) is 0 Å². The highest BCUT2D eigenvalue weighted by Crippen LogP contribution is 2.14. The maximum absolute atomic E-state index is 12.2. The van der Waals surface area contributed by atoms with E-state index in [1.807, 2.05) is 37.5 Å². The number of carbonyl (C=O) groups excluding carboxylic acids is 1. The van der Waals surface area contributed by atoms with Gasteiger partial charge in [-0.3, -0.25) is 9.69 Å². The highest BCUT2D eigenvalue weighted by atomic mass is 16.1. The largest absolute Gasteiger partial charge is 0.298 e. The van der Waals surface area contributed by atoms with Crippen molar-refractivity contribution in [1.29, 1.82) is 0 Å². The summed E-state index contributed by atoms with van der Waals surface area (Å²) in [5.74, 6) is 0.916. The molecule has 1 aromatic heterocycles. The molecule has 0 atom stereocenters. The first-order valence-corrected chi connectivity index (χ1v) is 5.97. The Morgan fingerprint density at radius 2 is 2.12 bits per heavy atom. The van der Waals surface area contributed by atoms with Gasteiger partial charge in [0.05, 0.1) is 12.0 Å². The van der Waals surface area contributed by atoms with Crippen molar-refractivity contribution in [2.24, 2.45) is 0 Å². The van der Waals surface area contributed by atoms with E-state index >= 15 is 0 Å². The highest BCUT2D eigenvalue weighted by molar-refractivity contribution is 5.88. The van der Waals surface area contributed by atoms with Crippen molar-refractivity contribution in [3.63, 3.8) is 0 Å². The smallest absolute Gasteiger partial charge is 0.160 e. The van der Waals surface area contributed by atoms with Crippen LogP contribution in [0.15, 0.2) is 6.33 Å². The SMILES string of the molecule is CCCn1ncnc1CC(=O)C(C)(C)N(C)C. The van der Waals surface area contributed by atoms with E-state index in [9.17, 15) is 4.79 Å². The van der Waals surface area contributed by atoms with E-state index < -0.39 is 5.54 Å². The second-order valence-electron chi connectivity index (χ2n) is 4.95. The van der Waals surface area contributed by atoms with Gasteiger partial charge in [0.15, 0.2) is 5.78 Å². The third-order valence-corrected chi connectivity index (χ3v) is 3.25. The van der Waals surface area contributed by atoms with Gasteiger partial charge in [0, 0.05) is 6.54 Å². The first-order chi connectivity index (χ1) is 7.89. The second kappa shape index (κ2) is 5.40. The van der Waals surface area contributed by atoms with Crippen LogP contribution in [0.4, 0.5) is 0 Å². The van der Waals surface area contributed by atoms with Crippen LogP contribution in [0.3, 0.4) is 0 Å². The minimum Gasteiger partial charge on any atom is -0.298 e. The predicted octanol–water partition coefficient (Wildman–Crippen LogP) is 1.14. The molecule has 0 bridgehead atoms. The lowest BCUT2D eigenvalue weighted by atomic mass is 9.95. The third kappa shape index (κ3) is 3.12. The number of aromatic nitrogens is 3. The molecule has 5 nitrogen and oxygen atoms in total. The molecule has 0 fully saturated rings. The lowest BCUT2D eigenvalue weighted by Crippen LogP contribution is -2.46. The van der Waals surface area contributed by atoms with E-state index in [0.29, 0.717) is 6.42 Å². The summed E-state index contributed by atoms with van der Waals surface area (Å²) in [6.07, 6.45) is 2.84. The van der Waals surface area contributed by atoms with Gasteiger partial charge in [-0.05, 0) is 34.4 Å². The molecule has 17 heavy (non-hydrogen) atoms. The van der Waals surface area contributed by atoms with Crippen LogP contribution in [-0.2, 0) is 17.8 Å². The van der Waals surface area contributed by atoms with Gasteiger partial charge in [-0.2, -0.15) is 5.10 Å². The first-order valence-electron chi connectivity index (χ1n) is 5.97. The quantitative estimate of drug-likeness (QED) is 0.745. The van der Waals surface area contributed by atoms with E-state index in [0.717, 1.165) is 18.8 Å². The van der Waals surface area contributed by atoms with Gasteiger partial charge in [-0.25, -0.2) is 9.67 Å². The number of hydrogen-bond donors (Lipinski definition) is 0. The molecule has 0 N–H and O–H groups in total. The lowest BCUT2D eigenvalue weighted by molar-refractivity contribution is -0.127. The Hall–Kier alpha value is -1.23. The van der Waals surface area contributed by atoms with Crippen LogP contribution in [-0.4, -0.2) is 45.1 Å². The molecule has 96 valence electrons. The molecule has 1 rings (SSSR count). The Labute approximate surface area is 103 Å². The zero-order chi connectivity index (χ0) is 13.1. The summed E-state index contributed by atoms with van der Waals surface area (Å²) in [6, 6.07) is 0. The van der Waals surface area contributed by atoms with E-state index in [-0.39, 0.29) is 5.78 Å². The molecule has 1 heterocycles. The van der Waals surface area contributed by atoms with Crippen LogP contribution in [0.25, 0.3) is 0 Å². The van der Waals surface area contributed by atoms with Gasteiger partial charge < -0.3 is 0 Å². The summed E-state index contributed by atoms with van der Waals surface area (Å²) >= 11 is 0. The van der Waals surface area contributed by atoms with Crippen molar-refractivity contribution in [2.45, 2.75) is 45.7 Å². The van der Waals surface area contributed by atoms with Crippen LogP contribution >= 0.6 is 0 Å². The van der Waals surface area contributed by atoms with Gasteiger partial charge in [-0.1, -0.05) is 6.92 Å². The van der Waals surface area contributed by atoms with Crippen LogP contribution in [0, 0.1) is 0 Å². The molecular weight excluding hydrogens is 216 g/mol. The Bertz CT molecular complexity index is 382. The molecule has 5 heteroatoms. The fraction of sp³-hybridized carbons (Fsp3) is 0.750. The monoisotopic (exact) mass is 238 g/mol. The number of aryl methyl sites for hydroxylation is 1. The van der Waals surface area contributed by atoms with E-state index in [2.05, 4.69) is 17.0 Å². The maximum Gasteiger partial charge on any atom is 0.160 e. The van der Waals surface area contributed by atoms with Crippen molar-refractivity contribution in [3.8, 4) is 0 Å². The normalized spacial score (nSPS) is 12.1. The maximum atomic E-state index is 12.2. The summed E-state index contributed by atoms with van der Waals surface area (Å²) in [6.45, 7) is 6.74. The van der Waals surface area contributed by atoms with Crippen molar-refractivity contribution < 1.29 is 4.79 Å². The van der Waals surface area contributed by atoms with Gasteiger partial charge in [0.25, 0.3) is 0 Å². The molecule has 0 aromatic carbocycles. The van der Waals surface area contributed by atoms with Crippen molar-refractivity contribution in [2.75, 3.05) is 14.1 Å². The predicted molar refractivity (Wildman–Crippen MR) is 66.8 cm³/mol. The number of hydrogen-bond acceptors (Lipinski definition) is 4. The van der Waals surface area contributed by atoms with E-state index in [1.54, 1.807) is 0 Å².